The molecule has 0 saturated heterocycles. The van der Waals surface area contributed by atoms with Gasteiger partial charge in [0, 0.05) is 11.9 Å². The molecule has 0 spiro atoms. The van der Waals surface area contributed by atoms with E-state index in [4.69, 9.17) is 0 Å². The Labute approximate surface area is 137 Å². The highest BCUT2D eigenvalue weighted by molar-refractivity contribution is 5.86. The molecule has 0 aliphatic heterocycles. The maximum Gasteiger partial charge on any atom is 0.229 e. The summed E-state index contributed by atoms with van der Waals surface area (Å²) in [4.78, 5) is 19.0. The molecule has 120 valence electrons. The lowest BCUT2D eigenvalue weighted by molar-refractivity contribution is -0.255. The molecule has 0 aliphatic rings. The van der Waals surface area contributed by atoms with Crippen molar-refractivity contribution in [2.24, 2.45) is 0 Å². The van der Waals surface area contributed by atoms with Gasteiger partial charge >= 0.3 is 0 Å². The van der Waals surface area contributed by atoms with Gasteiger partial charge < -0.3 is 20.5 Å². The first kappa shape index (κ1) is 15.4. The van der Waals surface area contributed by atoms with Crippen molar-refractivity contribution in [1.29, 1.82) is 0 Å². The Hall–Kier alpha value is -3.48. The van der Waals surface area contributed by atoms with E-state index in [0.29, 0.717) is 17.2 Å². The monoisotopic (exact) mass is 323 g/mol. The normalized spacial score (nSPS) is 10.2. The number of rotatable bonds is 5. The lowest BCUT2D eigenvalue weighted by Crippen LogP contribution is -2.21. The zero-order valence-electron chi connectivity index (χ0n) is 12.4. The average Bonchev–Trinajstić information content (AvgIpc) is 2.58. The number of hydrogen-bond acceptors (Lipinski definition) is 6. The fraction of sp³-hybridized carbons (Fsp3) is 0. The molecular weight excluding hydrogens is 311 g/mol. The van der Waals surface area contributed by atoms with E-state index >= 15 is 0 Å². The smallest absolute Gasteiger partial charge is 0.229 e. The summed E-state index contributed by atoms with van der Waals surface area (Å²) in [5, 5.41) is 16.5. The summed E-state index contributed by atoms with van der Waals surface area (Å²) < 4.78 is 13.7. The second-order valence-corrected chi connectivity index (χ2v) is 4.86. The Morgan fingerprint density at radius 1 is 1.00 bits per heavy atom. The van der Waals surface area contributed by atoms with Crippen LogP contribution in [0.2, 0.25) is 0 Å². The van der Waals surface area contributed by atoms with Gasteiger partial charge in [-0.05, 0) is 35.9 Å². The van der Waals surface area contributed by atoms with Gasteiger partial charge in [0.2, 0.25) is 5.95 Å². The molecule has 0 atom stereocenters. The molecule has 0 unspecified atom stereocenters. The van der Waals surface area contributed by atoms with E-state index in [1.54, 1.807) is 36.4 Å². The van der Waals surface area contributed by atoms with E-state index in [1.807, 2.05) is 0 Å². The average molecular weight is 323 g/mol. The van der Waals surface area contributed by atoms with E-state index in [2.05, 4.69) is 20.6 Å². The number of nitrogens with zero attached hydrogens (tertiary/aromatic N) is 2. The Balaban J connectivity index is 1.75. The molecule has 1 heterocycles. The van der Waals surface area contributed by atoms with Crippen molar-refractivity contribution in [2.45, 2.75) is 0 Å². The summed E-state index contributed by atoms with van der Waals surface area (Å²) in [5.41, 5.74) is 1.000. The molecule has 0 saturated carbocycles. The number of aromatic carboxylic acids is 1. The number of carbonyl (C=O) groups is 1. The summed E-state index contributed by atoms with van der Waals surface area (Å²) in [5.74, 6) is -0.918. The highest BCUT2D eigenvalue weighted by atomic mass is 19.1. The Kier molecular flexibility index (Phi) is 4.33. The number of hydrogen-bond donors (Lipinski definition) is 2. The maximum atomic E-state index is 13.7. The van der Waals surface area contributed by atoms with Crippen molar-refractivity contribution >= 4 is 29.1 Å². The van der Waals surface area contributed by atoms with Crippen LogP contribution in [-0.2, 0) is 0 Å². The predicted octanol–water partition coefficient (Wildman–Crippen LogP) is 2.47. The van der Waals surface area contributed by atoms with Crippen LogP contribution in [0.15, 0.2) is 60.8 Å². The second-order valence-electron chi connectivity index (χ2n) is 4.86. The van der Waals surface area contributed by atoms with Crippen LogP contribution in [0.1, 0.15) is 10.4 Å². The Morgan fingerprint density at radius 3 is 2.46 bits per heavy atom. The topological polar surface area (TPSA) is 90.0 Å². The van der Waals surface area contributed by atoms with Gasteiger partial charge in [0.05, 0.1) is 11.7 Å². The predicted molar refractivity (Wildman–Crippen MR) is 85.8 cm³/mol. The number of halogens is 1. The molecular formula is C17H12FN4O2-. The summed E-state index contributed by atoms with van der Waals surface area (Å²) in [6.07, 6.45) is 1.52. The molecule has 6 nitrogen and oxygen atoms in total. The van der Waals surface area contributed by atoms with Gasteiger partial charge in [0.25, 0.3) is 0 Å². The molecule has 0 fully saturated rings. The number of anilines is 4. The largest absolute Gasteiger partial charge is 0.545 e. The summed E-state index contributed by atoms with van der Waals surface area (Å²) in [7, 11) is 0. The molecule has 0 amide bonds. The minimum absolute atomic E-state index is 0.0800. The number of carboxylic acids is 1. The SMILES string of the molecule is O=C([O-])c1ccc(Nc2nccc(Nc3ccccc3F)n2)cc1. The number of para-hydroxylation sites is 1. The first-order chi connectivity index (χ1) is 11.6. The summed E-state index contributed by atoms with van der Waals surface area (Å²) >= 11 is 0. The van der Waals surface area contributed by atoms with Gasteiger partial charge in [0.1, 0.15) is 11.6 Å². The number of aromatic nitrogens is 2. The van der Waals surface area contributed by atoms with E-state index in [-0.39, 0.29) is 17.3 Å². The van der Waals surface area contributed by atoms with Crippen molar-refractivity contribution in [2.75, 3.05) is 10.6 Å². The van der Waals surface area contributed by atoms with E-state index in [9.17, 15) is 14.3 Å². The van der Waals surface area contributed by atoms with Gasteiger partial charge in [-0.15, -0.1) is 0 Å². The number of nitrogens with one attached hydrogen (secondary N) is 2. The highest BCUT2D eigenvalue weighted by Gasteiger charge is 2.04. The maximum absolute atomic E-state index is 13.7. The minimum atomic E-state index is -1.24. The minimum Gasteiger partial charge on any atom is -0.545 e. The molecule has 0 aliphatic carbocycles. The van der Waals surface area contributed by atoms with Gasteiger partial charge in [0.15, 0.2) is 0 Å². The third kappa shape index (κ3) is 3.64. The van der Waals surface area contributed by atoms with Gasteiger partial charge in [-0.1, -0.05) is 24.3 Å². The van der Waals surface area contributed by atoms with Crippen molar-refractivity contribution < 1.29 is 14.3 Å². The standard InChI is InChI=1S/C17H13FN4O2/c18-13-3-1-2-4-14(13)21-15-9-10-19-17(22-15)20-12-7-5-11(6-8-12)16(23)24/h1-10H,(H,23,24)(H2,19,20,21,22)/p-1. The first-order valence-electron chi connectivity index (χ1n) is 7.05. The fourth-order valence-electron chi connectivity index (χ4n) is 2.01. The molecule has 2 aromatic carbocycles. The molecule has 0 bridgehead atoms. The first-order valence-corrected chi connectivity index (χ1v) is 7.05. The molecule has 1 aromatic heterocycles. The fourth-order valence-corrected chi connectivity index (χ4v) is 2.01. The molecule has 24 heavy (non-hydrogen) atoms. The van der Waals surface area contributed by atoms with Crippen LogP contribution >= 0.6 is 0 Å². The number of carbonyl (C=O) groups excluding carboxylic acids is 1. The summed E-state index contributed by atoms with van der Waals surface area (Å²) in [6, 6.07) is 13.9. The van der Waals surface area contributed by atoms with E-state index in [1.165, 1.54) is 24.4 Å². The Morgan fingerprint density at radius 2 is 1.75 bits per heavy atom. The van der Waals surface area contributed by atoms with Crippen molar-refractivity contribution in [1.82, 2.24) is 9.97 Å². The second kappa shape index (κ2) is 6.74. The number of benzene rings is 2. The van der Waals surface area contributed by atoms with E-state index in [0.717, 1.165) is 0 Å². The zero-order chi connectivity index (χ0) is 16.9. The quantitative estimate of drug-likeness (QED) is 0.749. The van der Waals surface area contributed by atoms with Crippen LogP contribution < -0.4 is 15.7 Å². The van der Waals surface area contributed by atoms with Crippen LogP contribution in [0, 0.1) is 5.82 Å². The van der Waals surface area contributed by atoms with Gasteiger partial charge in [-0.2, -0.15) is 4.98 Å². The lowest BCUT2D eigenvalue weighted by atomic mass is 10.2. The molecule has 2 N–H and O–H groups in total. The number of carboxylic acid groups (broad SMARTS) is 1. The molecule has 7 heteroatoms. The van der Waals surface area contributed by atoms with E-state index < -0.39 is 5.97 Å². The summed E-state index contributed by atoms with van der Waals surface area (Å²) in [6.45, 7) is 0. The zero-order valence-corrected chi connectivity index (χ0v) is 12.4. The third-order valence-corrected chi connectivity index (χ3v) is 3.17. The molecule has 3 rings (SSSR count). The van der Waals surface area contributed by atoms with Crippen molar-refractivity contribution in [3.63, 3.8) is 0 Å². The third-order valence-electron chi connectivity index (χ3n) is 3.17. The van der Waals surface area contributed by atoms with Crippen LogP contribution in [0.5, 0.6) is 0 Å². The molecule has 0 radical (unpaired) electrons. The van der Waals surface area contributed by atoms with Gasteiger partial charge in [-0.3, -0.25) is 0 Å². The van der Waals surface area contributed by atoms with Crippen LogP contribution in [0.25, 0.3) is 0 Å². The van der Waals surface area contributed by atoms with Gasteiger partial charge in [-0.25, -0.2) is 9.37 Å². The lowest BCUT2D eigenvalue weighted by Gasteiger charge is -2.09. The molecule has 3 aromatic rings. The Bertz CT molecular complexity index is 868. The van der Waals surface area contributed by atoms with Crippen LogP contribution in [0.3, 0.4) is 0 Å². The van der Waals surface area contributed by atoms with Crippen LogP contribution in [-0.4, -0.2) is 15.9 Å². The van der Waals surface area contributed by atoms with Crippen molar-refractivity contribution in [3.8, 4) is 0 Å². The highest BCUT2D eigenvalue weighted by Crippen LogP contribution is 2.19. The van der Waals surface area contributed by atoms with Crippen LogP contribution in [0.4, 0.5) is 27.5 Å². The van der Waals surface area contributed by atoms with Crippen molar-refractivity contribution in [3.05, 3.63) is 72.2 Å².